The highest BCUT2D eigenvalue weighted by Gasteiger charge is 2.16. The second kappa shape index (κ2) is 10.9. The van der Waals surface area contributed by atoms with Crippen molar-refractivity contribution in [2.75, 3.05) is 0 Å². The van der Waals surface area contributed by atoms with Gasteiger partial charge in [0.2, 0.25) is 0 Å². The Balaban J connectivity index is 1.23. The molecular weight excluding hydrogens is 593 g/mol. The maximum Gasteiger partial charge on any atom is 0.164 e. The van der Waals surface area contributed by atoms with Crippen LogP contribution in [0.25, 0.3) is 87.4 Å². The second-order valence-electron chi connectivity index (χ2n) is 11.9. The Labute approximate surface area is 276 Å². The molecule has 0 aliphatic rings. The van der Waals surface area contributed by atoms with E-state index in [0.717, 1.165) is 44.5 Å². The monoisotopic (exact) mass is 620 g/mol. The van der Waals surface area contributed by atoms with Gasteiger partial charge in [-0.25, -0.2) is 15.0 Å². The van der Waals surface area contributed by atoms with E-state index in [2.05, 4.69) is 151 Å². The highest BCUT2D eigenvalue weighted by Crippen LogP contribution is 2.37. The first-order valence-corrected chi connectivity index (χ1v) is 16.5. The summed E-state index contributed by atoms with van der Waals surface area (Å²) in [6.07, 6.45) is 0. The molecule has 0 spiro atoms. The predicted molar refractivity (Wildman–Crippen MR) is 198 cm³/mol. The van der Waals surface area contributed by atoms with Crippen LogP contribution in [0.5, 0.6) is 0 Å². The Bertz CT molecular complexity index is 2610. The molecule has 0 saturated carbocycles. The fraction of sp³-hybridized carbons (Fsp3) is 0.0238. The molecule has 9 rings (SSSR count). The van der Waals surface area contributed by atoms with E-state index in [9.17, 15) is 0 Å². The van der Waals surface area contributed by atoms with Crippen LogP contribution in [0, 0.1) is 0 Å². The number of nitrogens with zero attached hydrogens (tertiary/aromatic N) is 4. The lowest BCUT2D eigenvalue weighted by Crippen LogP contribution is -2.01. The summed E-state index contributed by atoms with van der Waals surface area (Å²) in [5.74, 6) is 1.92. The van der Waals surface area contributed by atoms with Crippen molar-refractivity contribution in [3.05, 3.63) is 152 Å². The molecule has 6 aromatic carbocycles. The second-order valence-corrected chi connectivity index (χ2v) is 13.0. The van der Waals surface area contributed by atoms with Gasteiger partial charge in [0.05, 0.1) is 11.0 Å². The van der Waals surface area contributed by atoms with Crippen LogP contribution in [0.15, 0.2) is 146 Å². The molecule has 0 bridgehead atoms. The highest BCUT2D eigenvalue weighted by atomic mass is 32.1. The van der Waals surface area contributed by atoms with Gasteiger partial charge in [-0.15, -0.1) is 11.3 Å². The maximum absolute atomic E-state index is 5.11. The SMILES string of the molecule is C=C(C)c1ccc(-c2nc(-c3cccc(-n4c5ccccc5c5ccccc54)c3)nc(-c3ccc4c(c3)sc3ccccc34)n2)cc1. The van der Waals surface area contributed by atoms with Crippen molar-refractivity contribution in [3.8, 4) is 39.9 Å². The van der Waals surface area contributed by atoms with Gasteiger partial charge in [0.25, 0.3) is 0 Å². The average molecular weight is 621 g/mol. The first kappa shape index (κ1) is 27.4. The molecule has 9 aromatic rings. The van der Waals surface area contributed by atoms with Gasteiger partial charge in [-0.1, -0.05) is 115 Å². The van der Waals surface area contributed by atoms with E-state index in [1.807, 2.05) is 6.92 Å². The summed E-state index contributed by atoms with van der Waals surface area (Å²) < 4.78 is 4.81. The van der Waals surface area contributed by atoms with Crippen LogP contribution < -0.4 is 0 Å². The van der Waals surface area contributed by atoms with Gasteiger partial charge in [0, 0.05) is 53.3 Å². The summed E-state index contributed by atoms with van der Waals surface area (Å²) in [6, 6.07) is 49.0. The zero-order valence-corrected chi connectivity index (χ0v) is 26.5. The van der Waals surface area contributed by atoms with Gasteiger partial charge in [-0.05, 0) is 48.9 Å². The smallest absolute Gasteiger partial charge is 0.164 e. The fourth-order valence-corrected chi connectivity index (χ4v) is 7.66. The molecule has 222 valence electrons. The first-order valence-electron chi connectivity index (χ1n) is 15.6. The molecule has 0 aliphatic carbocycles. The number of rotatable bonds is 5. The molecule has 0 unspecified atom stereocenters. The van der Waals surface area contributed by atoms with Gasteiger partial charge in [0.1, 0.15) is 0 Å². The lowest BCUT2D eigenvalue weighted by molar-refractivity contribution is 1.07. The van der Waals surface area contributed by atoms with Crippen molar-refractivity contribution in [1.82, 2.24) is 19.5 Å². The fourth-order valence-electron chi connectivity index (χ4n) is 6.52. The van der Waals surface area contributed by atoms with Crippen LogP contribution in [0.2, 0.25) is 0 Å². The summed E-state index contributed by atoms with van der Waals surface area (Å²) in [5, 5.41) is 4.98. The third-order valence-electron chi connectivity index (χ3n) is 8.85. The van der Waals surface area contributed by atoms with E-state index in [4.69, 9.17) is 15.0 Å². The largest absolute Gasteiger partial charge is 0.309 e. The van der Waals surface area contributed by atoms with Crippen molar-refractivity contribution in [2.24, 2.45) is 0 Å². The molecule has 0 aliphatic heterocycles. The van der Waals surface area contributed by atoms with E-state index in [1.54, 1.807) is 11.3 Å². The summed E-state index contributed by atoms with van der Waals surface area (Å²) in [4.78, 5) is 15.2. The third kappa shape index (κ3) is 4.63. The average Bonchev–Trinajstić information content (AvgIpc) is 3.67. The summed E-state index contributed by atoms with van der Waals surface area (Å²) >= 11 is 1.80. The Morgan fingerprint density at radius 2 is 1.06 bits per heavy atom. The molecular formula is C42H28N4S. The predicted octanol–water partition coefficient (Wildman–Crippen LogP) is 11.4. The van der Waals surface area contributed by atoms with Gasteiger partial charge in [0.15, 0.2) is 17.5 Å². The van der Waals surface area contributed by atoms with Crippen LogP contribution >= 0.6 is 11.3 Å². The van der Waals surface area contributed by atoms with Crippen LogP contribution in [0.1, 0.15) is 12.5 Å². The van der Waals surface area contributed by atoms with Crippen molar-refractivity contribution < 1.29 is 0 Å². The van der Waals surface area contributed by atoms with E-state index < -0.39 is 0 Å². The molecule has 0 N–H and O–H groups in total. The summed E-state index contributed by atoms with van der Waals surface area (Å²) in [6.45, 7) is 6.12. The number of hydrogen-bond acceptors (Lipinski definition) is 4. The number of fused-ring (bicyclic) bond motifs is 6. The standard InChI is InChI=1S/C42H28N4S/c1-26(2)27-18-20-28(21-19-27)40-43-41(45-42(44-40)30-22-23-35-34-14-5-8-17-38(34)47-39(35)25-30)29-10-9-11-31(24-29)46-36-15-6-3-12-32(36)33-13-4-7-16-37(33)46/h3-25H,1H2,2H3. The molecule has 0 atom stereocenters. The number of aromatic nitrogens is 4. The first-order chi connectivity index (χ1) is 23.1. The van der Waals surface area contributed by atoms with Crippen molar-refractivity contribution in [3.63, 3.8) is 0 Å². The van der Waals surface area contributed by atoms with Crippen LogP contribution in [0.3, 0.4) is 0 Å². The zero-order chi connectivity index (χ0) is 31.5. The molecule has 0 amide bonds. The normalized spacial score (nSPS) is 11.6. The number of hydrogen-bond donors (Lipinski definition) is 0. The van der Waals surface area contributed by atoms with Crippen molar-refractivity contribution in [1.29, 1.82) is 0 Å². The number of para-hydroxylation sites is 2. The minimum Gasteiger partial charge on any atom is -0.309 e. The van der Waals surface area contributed by atoms with Crippen LogP contribution in [-0.4, -0.2) is 19.5 Å². The number of allylic oxidation sites excluding steroid dienone is 1. The lowest BCUT2D eigenvalue weighted by Gasteiger charge is -2.12. The minimum absolute atomic E-state index is 0.632. The molecule has 0 fully saturated rings. The van der Waals surface area contributed by atoms with Gasteiger partial charge in [-0.2, -0.15) is 0 Å². The molecule has 3 aromatic heterocycles. The van der Waals surface area contributed by atoms with E-state index >= 15 is 0 Å². The number of benzene rings is 6. The molecule has 0 saturated heterocycles. The van der Waals surface area contributed by atoms with Crippen LogP contribution in [0.4, 0.5) is 0 Å². The Kier molecular flexibility index (Phi) is 6.33. The molecule has 5 heteroatoms. The van der Waals surface area contributed by atoms with E-state index in [-0.39, 0.29) is 0 Å². The molecule has 4 nitrogen and oxygen atoms in total. The molecule has 3 heterocycles. The molecule has 0 radical (unpaired) electrons. The van der Waals surface area contributed by atoms with Crippen LogP contribution in [-0.2, 0) is 0 Å². The Morgan fingerprint density at radius 1 is 0.511 bits per heavy atom. The van der Waals surface area contributed by atoms with E-state index in [1.165, 1.54) is 30.9 Å². The topological polar surface area (TPSA) is 43.6 Å². The minimum atomic E-state index is 0.632. The molecule has 47 heavy (non-hydrogen) atoms. The Morgan fingerprint density at radius 3 is 1.74 bits per heavy atom. The summed E-state index contributed by atoms with van der Waals surface area (Å²) in [5.41, 5.74) is 8.32. The number of thiophene rings is 1. The van der Waals surface area contributed by atoms with Crippen molar-refractivity contribution >= 4 is 58.9 Å². The lowest BCUT2D eigenvalue weighted by atomic mass is 10.1. The van der Waals surface area contributed by atoms with E-state index in [0.29, 0.717) is 17.5 Å². The van der Waals surface area contributed by atoms with Gasteiger partial charge in [-0.3, -0.25) is 0 Å². The highest BCUT2D eigenvalue weighted by molar-refractivity contribution is 7.25. The van der Waals surface area contributed by atoms with Crippen molar-refractivity contribution in [2.45, 2.75) is 6.92 Å². The zero-order valence-electron chi connectivity index (χ0n) is 25.7. The summed E-state index contributed by atoms with van der Waals surface area (Å²) in [7, 11) is 0. The quantitative estimate of drug-likeness (QED) is 0.192. The Hall–Kier alpha value is -5.91. The van der Waals surface area contributed by atoms with Gasteiger partial charge < -0.3 is 4.57 Å². The third-order valence-corrected chi connectivity index (χ3v) is 9.98. The van der Waals surface area contributed by atoms with Gasteiger partial charge >= 0.3 is 0 Å². The maximum atomic E-state index is 5.11.